The van der Waals surface area contributed by atoms with E-state index in [2.05, 4.69) is 44.3 Å². The quantitative estimate of drug-likeness (QED) is 0.761. The molecule has 1 unspecified atom stereocenters. The van der Waals surface area contributed by atoms with Gasteiger partial charge in [-0.15, -0.1) is 0 Å². The molecule has 0 aromatic heterocycles. The predicted octanol–water partition coefficient (Wildman–Crippen LogP) is 5.01. The Bertz CT molecular complexity index is 449. The summed E-state index contributed by atoms with van der Waals surface area (Å²) in [7, 11) is 1.75. The van der Waals surface area contributed by atoms with Gasteiger partial charge in [-0.25, -0.2) is 0 Å². The molecular weight excluding hydrogens is 258 g/mol. The summed E-state index contributed by atoms with van der Waals surface area (Å²) in [6.45, 7) is 7.85. The highest BCUT2D eigenvalue weighted by atomic mass is 16.5. The van der Waals surface area contributed by atoms with Crippen LogP contribution in [0.2, 0.25) is 0 Å². The molecule has 0 spiro atoms. The van der Waals surface area contributed by atoms with Gasteiger partial charge in [0.05, 0.1) is 7.11 Å². The number of aryl methyl sites for hydroxylation is 1. The van der Waals surface area contributed by atoms with Crippen LogP contribution in [0.3, 0.4) is 0 Å². The second kappa shape index (κ2) is 7.31. The van der Waals surface area contributed by atoms with Crippen LogP contribution < -0.4 is 10.1 Å². The second-order valence-electron chi connectivity index (χ2n) is 6.54. The summed E-state index contributed by atoms with van der Waals surface area (Å²) in [5.41, 5.74) is 3.11. The maximum atomic E-state index is 5.42. The van der Waals surface area contributed by atoms with Crippen molar-refractivity contribution >= 4 is 0 Å². The Balaban J connectivity index is 2.33. The zero-order valence-corrected chi connectivity index (χ0v) is 14.2. The first-order chi connectivity index (χ1) is 10.2. The first-order valence-corrected chi connectivity index (χ1v) is 8.54. The van der Waals surface area contributed by atoms with Gasteiger partial charge in [-0.05, 0) is 61.8 Å². The van der Waals surface area contributed by atoms with E-state index in [1.54, 1.807) is 7.11 Å². The molecule has 1 atom stereocenters. The molecule has 1 saturated carbocycles. The number of hydrogen-bond acceptors (Lipinski definition) is 2. The van der Waals surface area contributed by atoms with E-state index in [9.17, 15) is 0 Å². The molecule has 0 aliphatic heterocycles. The van der Waals surface area contributed by atoms with Crippen LogP contribution in [-0.2, 0) is 0 Å². The molecule has 0 heterocycles. The van der Waals surface area contributed by atoms with E-state index in [1.807, 2.05) is 0 Å². The Labute approximate surface area is 130 Å². The van der Waals surface area contributed by atoms with E-state index in [4.69, 9.17) is 4.74 Å². The molecule has 1 aliphatic carbocycles. The average Bonchev–Trinajstić information content (AvgIpc) is 2.98. The molecule has 0 saturated heterocycles. The molecule has 1 N–H and O–H groups in total. The predicted molar refractivity (Wildman–Crippen MR) is 90.0 cm³/mol. The van der Waals surface area contributed by atoms with Crippen LogP contribution >= 0.6 is 0 Å². The van der Waals surface area contributed by atoms with Crippen molar-refractivity contribution in [1.29, 1.82) is 0 Å². The van der Waals surface area contributed by atoms with Crippen LogP contribution in [0.1, 0.15) is 69.5 Å². The summed E-state index contributed by atoms with van der Waals surface area (Å²) < 4.78 is 5.42. The molecule has 1 aromatic carbocycles. The highest BCUT2D eigenvalue weighted by molar-refractivity contribution is 5.38. The van der Waals surface area contributed by atoms with Crippen molar-refractivity contribution in [2.45, 2.75) is 65.3 Å². The standard InChI is InChI=1S/C19H31NO/c1-5-13-20-18(19(6-2)11-7-8-12-19)16-9-10-17(21-4)15(3)14-16/h9-10,14,18,20H,5-8,11-13H2,1-4H3. The number of hydrogen-bond donors (Lipinski definition) is 1. The molecule has 0 amide bonds. The van der Waals surface area contributed by atoms with Gasteiger partial charge in [0.1, 0.15) is 5.75 Å². The zero-order valence-electron chi connectivity index (χ0n) is 14.2. The number of benzene rings is 1. The highest BCUT2D eigenvalue weighted by Crippen LogP contribution is 2.50. The molecule has 2 nitrogen and oxygen atoms in total. The smallest absolute Gasteiger partial charge is 0.121 e. The van der Waals surface area contributed by atoms with Crippen molar-refractivity contribution in [3.63, 3.8) is 0 Å². The first kappa shape index (κ1) is 16.4. The van der Waals surface area contributed by atoms with E-state index in [-0.39, 0.29) is 0 Å². The van der Waals surface area contributed by atoms with Gasteiger partial charge in [0, 0.05) is 6.04 Å². The number of rotatable bonds is 7. The SMILES string of the molecule is CCCNC(c1ccc(OC)c(C)c1)C1(CC)CCCC1. The average molecular weight is 289 g/mol. The Morgan fingerprint density at radius 3 is 2.48 bits per heavy atom. The molecule has 2 rings (SSSR count). The molecule has 1 fully saturated rings. The molecule has 118 valence electrons. The van der Waals surface area contributed by atoms with E-state index >= 15 is 0 Å². The fraction of sp³-hybridized carbons (Fsp3) is 0.684. The third-order valence-corrected chi connectivity index (χ3v) is 5.27. The van der Waals surface area contributed by atoms with Crippen LogP contribution in [0.4, 0.5) is 0 Å². The van der Waals surface area contributed by atoms with Crippen LogP contribution in [-0.4, -0.2) is 13.7 Å². The topological polar surface area (TPSA) is 21.3 Å². The van der Waals surface area contributed by atoms with E-state index < -0.39 is 0 Å². The van der Waals surface area contributed by atoms with Crippen LogP contribution in [0, 0.1) is 12.3 Å². The maximum absolute atomic E-state index is 5.42. The minimum Gasteiger partial charge on any atom is -0.496 e. The van der Waals surface area contributed by atoms with Gasteiger partial charge in [0.15, 0.2) is 0 Å². The van der Waals surface area contributed by atoms with Crippen molar-refractivity contribution in [2.75, 3.05) is 13.7 Å². The molecule has 1 aliphatic rings. The number of ether oxygens (including phenoxy) is 1. The third kappa shape index (κ3) is 3.42. The molecule has 0 radical (unpaired) electrons. The van der Waals surface area contributed by atoms with Gasteiger partial charge in [-0.2, -0.15) is 0 Å². The molecule has 0 bridgehead atoms. The van der Waals surface area contributed by atoms with Crippen molar-refractivity contribution in [3.05, 3.63) is 29.3 Å². The van der Waals surface area contributed by atoms with Gasteiger partial charge < -0.3 is 10.1 Å². The fourth-order valence-electron chi connectivity index (χ4n) is 3.98. The lowest BCUT2D eigenvalue weighted by atomic mass is 9.73. The summed E-state index contributed by atoms with van der Waals surface area (Å²) >= 11 is 0. The fourth-order valence-corrected chi connectivity index (χ4v) is 3.98. The van der Waals surface area contributed by atoms with Crippen molar-refractivity contribution < 1.29 is 4.74 Å². The summed E-state index contributed by atoms with van der Waals surface area (Å²) in [5.74, 6) is 0.991. The van der Waals surface area contributed by atoms with Crippen LogP contribution in [0.15, 0.2) is 18.2 Å². The zero-order chi connectivity index (χ0) is 15.3. The van der Waals surface area contributed by atoms with E-state index in [1.165, 1.54) is 49.7 Å². The van der Waals surface area contributed by atoms with Crippen molar-refractivity contribution in [1.82, 2.24) is 5.32 Å². The summed E-state index contributed by atoms with van der Waals surface area (Å²) in [6.07, 6.45) is 7.93. The Morgan fingerprint density at radius 1 is 1.24 bits per heavy atom. The van der Waals surface area contributed by atoms with Crippen LogP contribution in [0.25, 0.3) is 0 Å². The summed E-state index contributed by atoms with van der Waals surface area (Å²) in [5, 5.41) is 3.84. The molecular formula is C19H31NO. The minimum atomic E-state index is 0.441. The summed E-state index contributed by atoms with van der Waals surface area (Å²) in [6, 6.07) is 7.19. The first-order valence-electron chi connectivity index (χ1n) is 8.54. The Morgan fingerprint density at radius 2 is 1.95 bits per heavy atom. The largest absolute Gasteiger partial charge is 0.496 e. The van der Waals surface area contributed by atoms with Gasteiger partial charge >= 0.3 is 0 Å². The van der Waals surface area contributed by atoms with Gasteiger partial charge in [0.2, 0.25) is 0 Å². The van der Waals surface area contributed by atoms with Crippen molar-refractivity contribution in [2.24, 2.45) is 5.41 Å². The number of nitrogens with one attached hydrogen (secondary N) is 1. The Kier molecular flexibility index (Phi) is 5.69. The van der Waals surface area contributed by atoms with E-state index in [0.717, 1.165) is 12.3 Å². The third-order valence-electron chi connectivity index (χ3n) is 5.27. The minimum absolute atomic E-state index is 0.441. The summed E-state index contributed by atoms with van der Waals surface area (Å²) in [4.78, 5) is 0. The molecule has 21 heavy (non-hydrogen) atoms. The Hall–Kier alpha value is -1.02. The molecule has 1 aromatic rings. The number of methoxy groups -OCH3 is 1. The second-order valence-corrected chi connectivity index (χ2v) is 6.54. The van der Waals surface area contributed by atoms with Gasteiger partial charge in [0.25, 0.3) is 0 Å². The van der Waals surface area contributed by atoms with Gasteiger partial charge in [-0.3, -0.25) is 0 Å². The van der Waals surface area contributed by atoms with Crippen LogP contribution in [0.5, 0.6) is 5.75 Å². The van der Waals surface area contributed by atoms with Gasteiger partial charge in [-0.1, -0.05) is 38.8 Å². The lowest BCUT2D eigenvalue weighted by Gasteiger charge is -2.38. The normalized spacial score (nSPS) is 18.7. The monoisotopic (exact) mass is 289 g/mol. The molecule has 2 heteroatoms. The van der Waals surface area contributed by atoms with Crippen molar-refractivity contribution in [3.8, 4) is 5.75 Å². The lowest BCUT2D eigenvalue weighted by molar-refractivity contribution is 0.187. The van der Waals surface area contributed by atoms with E-state index in [0.29, 0.717) is 11.5 Å². The highest BCUT2D eigenvalue weighted by Gasteiger charge is 2.40. The lowest BCUT2D eigenvalue weighted by Crippen LogP contribution is -2.36. The maximum Gasteiger partial charge on any atom is 0.121 e.